The number of halogens is 4. The third-order valence-electron chi connectivity index (χ3n) is 2.09. The first kappa shape index (κ1) is 16.1. The SMILES string of the molecule is NS(=O)(=O)c1ccc(OCCCC(F)(F)F)c(Cl)c1. The number of rotatable bonds is 5. The zero-order valence-corrected chi connectivity index (χ0v) is 11.1. The molecule has 9 heteroatoms. The van der Waals surface area contributed by atoms with Crippen molar-refractivity contribution in [3.63, 3.8) is 0 Å². The monoisotopic (exact) mass is 317 g/mol. The lowest BCUT2D eigenvalue weighted by atomic mass is 10.3. The maximum absolute atomic E-state index is 11.9. The highest BCUT2D eigenvalue weighted by Crippen LogP contribution is 2.27. The van der Waals surface area contributed by atoms with Gasteiger partial charge in [0.2, 0.25) is 10.0 Å². The van der Waals surface area contributed by atoms with E-state index >= 15 is 0 Å². The Hall–Kier alpha value is -0.990. The summed E-state index contributed by atoms with van der Waals surface area (Å²) in [6, 6.07) is 3.49. The molecule has 0 aliphatic rings. The van der Waals surface area contributed by atoms with Crippen LogP contribution < -0.4 is 9.88 Å². The Balaban J connectivity index is 2.61. The van der Waals surface area contributed by atoms with Gasteiger partial charge < -0.3 is 4.74 Å². The number of sulfonamides is 1. The topological polar surface area (TPSA) is 69.4 Å². The molecule has 0 heterocycles. The molecule has 0 atom stereocenters. The van der Waals surface area contributed by atoms with E-state index in [9.17, 15) is 21.6 Å². The third kappa shape index (κ3) is 5.66. The average molecular weight is 318 g/mol. The first-order valence-electron chi connectivity index (χ1n) is 5.11. The zero-order chi connectivity index (χ0) is 14.7. The van der Waals surface area contributed by atoms with Gasteiger partial charge in [0.15, 0.2) is 0 Å². The summed E-state index contributed by atoms with van der Waals surface area (Å²) in [6.07, 6.45) is -5.40. The van der Waals surface area contributed by atoms with Crippen molar-refractivity contribution in [2.24, 2.45) is 5.14 Å². The highest BCUT2D eigenvalue weighted by molar-refractivity contribution is 7.89. The van der Waals surface area contributed by atoms with Gasteiger partial charge in [-0.25, -0.2) is 13.6 Å². The third-order valence-corrected chi connectivity index (χ3v) is 3.30. The molecule has 0 fully saturated rings. The smallest absolute Gasteiger partial charge is 0.389 e. The van der Waals surface area contributed by atoms with E-state index < -0.39 is 22.6 Å². The summed E-state index contributed by atoms with van der Waals surface area (Å²) in [5, 5.41) is 4.86. The van der Waals surface area contributed by atoms with Crippen molar-refractivity contribution < 1.29 is 26.3 Å². The Morgan fingerprint density at radius 2 is 1.95 bits per heavy atom. The summed E-state index contributed by atoms with van der Waals surface area (Å²) in [5.74, 6) is 0.108. The highest BCUT2D eigenvalue weighted by Gasteiger charge is 2.26. The summed E-state index contributed by atoms with van der Waals surface area (Å²) in [6.45, 7) is -0.173. The maximum Gasteiger partial charge on any atom is 0.389 e. The molecule has 0 saturated carbocycles. The van der Waals surface area contributed by atoms with Crippen LogP contribution in [0.5, 0.6) is 5.75 Å². The number of ether oxygens (including phenoxy) is 1. The Morgan fingerprint density at radius 3 is 2.42 bits per heavy atom. The average Bonchev–Trinajstić information content (AvgIpc) is 2.23. The van der Waals surface area contributed by atoms with E-state index in [1.165, 1.54) is 12.1 Å². The number of hydrogen-bond donors (Lipinski definition) is 1. The van der Waals surface area contributed by atoms with E-state index in [0.717, 1.165) is 6.07 Å². The normalized spacial score (nSPS) is 12.5. The molecule has 2 N–H and O–H groups in total. The molecule has 0 amide bonds. The molecule has 0 radical (unpaired) electrons. The Kier molecular flexibility index (Phi) is 5.05. The second kappa shape index (κ2) is 5.98. The first-order valence-corrected chi connectivity index (χ1v) is 7.04. The van der Waals surface area contributed by atoms with Crippen molar-refractivity contribution in [1.29, 1.82) is 0 Å². The quantitative estimate of drug-likeness (QED) is 0.849. The van der Waals surface area contributed by atoms with Gasteiger partial charge in [-0.15, -0.1) is 0 Å². The highest BCUT2D eigenvalue weighted by atomic mass is 35.5. The predicted octanol–water partition coefficient (Wildman–Crippen LogP) is 2.71. The van der Waals surface area contributed by atoms with Crippen molar-refractivity contribution in [3.05, 3.63) is 23.2 Å². The lowest BCUT2D eigenvalue weighted by Gasteiger charge is -2.10. The van der Waals surface area contributed by atoms with Crippen LogP contribution in [0.15, 0.2) is 23.1 Å². The molecular formula is C10H11ClF3NO3S. The number of nitrogens with two attached hydrogens (primary N) is 1. The van der Waals surface area contributed by atoms with Crippen LogP contribution in [0.4, 0.5) is 13.2 Å². The Morgan fingerprint density at radius 1 is 1.32 bits per heavy atom. The number of primary sulfonamides is 1. The van der Waals surface area contributed by atoms with Crippen molar-refractivity contribution in [2.45, 2.75) is 23.9 Å². The molecule has 1 rings (SSSR count). The lowest BCUT2D eigenvalue weighted by Crippen LogP contribution is -2.12. The van der Waals surface area contributed by atoms with Gasteiger partial charge in [-0.05, 0) is 24.6 Å². The minimum atomic E-state index is -4.23. The molecule has 0 saturated heterocycles. The van der Waals surface area contributed by atoms with Crippen LogP contribution in [0.25, 0.3) is 0 Å². The van der Waals surface area contributed by atoms with Crippen molar-refractivity contribution >= 4 is 21.6 Å². The Labute approximate surface area is 113 Å². The molecule has 0 spiro atoms. The van der Waals surface area contributed by atoms with E-state index in [0.29, 0.717) is 0 Å². The molecule has 0 bridgehead atoms. The van der Waals surface area contributed by atoms with Gasteiger partial charge in [-0.1, -0.05) is 11.6 Å². The molecule has 108 valence electrons. The fraction of sp³-hybridized carbons (Fsp3) is 0.400. The van der Waals surface area contributed by atoms with Crippen LogP contribution >= 0.6 is 11.6 Å². The fourth-order valence-corrected chi connectivity index (χ4v) is 2.07. The van der Waals surface area contributed by atoms with Crippen LogP contribution in [0.1, 0.15) is 12.8 Å². The zero-order valence-electron chi connectivity index (χ0n) is 9.58. The van der Waals surface area contributed by atoms with Gasteiger partial charge in [-0.2, -0.15) is 13.2 Å². The molecule has 0 aromatic heterocycles. The molecule has 0 aliphatic carbocycles. The van der Waals surface area contributed by atoms with Gasteiger partial charge >= 0.3 is 6.18 Å². The lowest BCUT2D eigenvalue weighted by molar-refractivity contribution is -0.136. The van der Waals surface area contributed by atoms with E-state index in [1.807, 2.05) is 0 Å². The van der Waals surface area contributed by atoms with Crippen LogP contribution in [0.2, 0.25) is 5.02 Å². The molecule has 19 heavy (non-hydrogen) atoms. The summed E-state index contributed by atoms with van der Waals surface area (Å²) >= 11 is 5.74. The van der Waals surface area contributed by atoms with E-state index in [1.54, 1.807) is 0 Å². The molecule has 4 nitrogen and oxygen atoms in total. The van der Waals surface area contributed by atoms with Crippen molar-refractivity contribution in [1.82, 2.24) is 0 Å². The molecule has 1 aromatic rings. The van der Waals surface area contributed by atoms with Gasteiger partial charge in [0.1, 0.15) is 5.75 Å². The van der Waals surface area contributed by atoms with E-state index in [2.05, 4.69) is 0 Å². The second-order valence-corrected chi connectivity index (χ2v) is 5.67. The number of benzene rings is 1. The summed E-state index contributed by atoms with van der Waals surface area (Å²) in [5.41, 5.74) is 0. The van der Waals surface area contributed by atoms with Gasteiger partial charge in [0.25, 0.3) is 0 Å². The van der Waals surface area contributed by atoms with Crippen LogP contribution in [-0.2, 0) is 10.0 Å². The fourth-order valence-electron chi connectivity index (χ4n) is 1.23. The second-order valence-electron chi connectivity index (χ2n) is 3.70. The summed E-state index contributed by atoms with van der Waals surface area (Å²) in [7, 11) is -3.88. The molecular weight excluding hydrogens is 307 g/mol. The number of hydrogen-bond acceptors (Lipinski definition) is 3. The largest absolute Gasteiger partial charge is 0.492 e. The minimum absolute atomic E-state index is 0.0291. The minimum Gasteiger partial charge on any atom is -0.492 e. The molecule has 1 aromatic carbocycles. The van der Waals surface area contributed by atoms with Gasteiger partial charge in [-0.3, -0.25) is 0 Å². The van der Waals surface area contributed by atoms with Gasteiger partial charge in [0.05, 0.1) is 16.5 Å². The van der Waals surface area contributed by atoms with Gasteiger partial charge in [0, 0.05) is 6.42 Å². The predicted molar refractivity (Wildman–Crippen MR) is 63.6 cm³/mol. The molecule has 0 unspecified atom stereocenters. The van der Waals surface area contributed by atoms with Crippen LogP contribution in [0, 0.1) is 0 Å². The summed E-state index contributed by atoms with van der Waals surface area (Å²) in [4.78, 5) is -0.194. The number of alkyl halides is 3. The van der Waals surface area contributed by atoms with Crippen molar-refractivity contribution in [3.8, 4) is 5.75 Å². The van der Waals surface area contributed by atoms with E-state index in [4.69, 9.17) is 21.5 Å². The molecule has 0 aliphatic heterocycles. The standard InChI is InChI=1S/C10H11ClF3NO3S/c11-8-6-7(19(15,16)17)2-3-9(8)18-5-1-4-10(12,13)14/h2-3,6H,1,4-5H2,(H2,15,16,17). The Bertz CT molecular complexity index is 545. The van der Waals surface area contributed by atoms with Crippen molar-refractivity contribution in [2.75, 3.05) is 6.61 Å². The summed E-state index contributed by atoms with van der Waals surface area (Å²) < 4.78 is 62.7. The van der Waals surface area contributed by atoms with Crippen LogP contribution in [-0.4, -0.2) is 21.2 Å². The van der Waals surface area contributed by atoms with Crippen LogP contribution in [0.3, 0.4) is 0 Å². The first-order chi connectivity index (χ1) is 8.59. The maximum atomic E-state index is 11.9. The van der Waals surface area contributed by atoms with E-state index in [-0.39, 0.29) is 28.7 Å².